The van der Waals surface area contributed by atoms with Gasteiger partial charge in [-0.15, -0.1) is 6.42 Å². The molecule has 16 heteroatoms. The van der Waals surface area contributed by atoms with Crippen LogP contribution in [0, 0.1) is 12.3 Å². The Morgan fingerprint density at radius 3 is 2.57 bits per heavy atom. The number of carboxylic acids is 2. The number of pyridine rings is 1. The largest absolute Gasteiger partial charge is 0.479 e. The molecule has 0 saturated carbocycles. The van der Waals surface area contributed by atoms with Gasteiger partial charge in [0.15, 0.2) is 28.8 Å². The van der Waals surface area contributed by atoms with Crippen LogP contribution in [0.25, 0.3) is 22.3 Å². The number of terminal acetylenes is 1. The quantitative estimate of drug-likeness (QED) is 0.0812. The third-order valence-electron chi connectivity index (χ3n) is 7.36. The number of nitrogens with one attached hydrogen (secondary N) is 2. The van der Waals surface area contributed by atoms with Gasteiger partial charge in [-0.05, 0) is 34.9 Å². The molecule has 0 unspecified atom stereocenters. The Labute approximate surface area is 253 Å². The number of aliphatic hydroxyl groups excluding tert-OH is 1. The highest BCUT2D eigenvalue weighted by molar-refractivity contribution is 6.28. The predicted molar refractivity (Wildman–Crippen MR) is 154 cm³/mol. The predicted octanol–water partition coefficient (Wildman–Crippen LogP) is 0.667. The second kappa shape index (κ2) is 11.7. The van der Waals surface area contributed by atoms with Crippen molar-refractivity contribution in [1.29, 1.82) is 0 Å². The number of anilines is 1. The van der Waals surface area contributed by atoms with Gasteiger partial charge in [-0.25, -0.2) is 14.6 Å². The number of aromatic amines is 1. The molecule has 228 valence electrons. The number of fused-ring (bicyclic) bond motifs is 1. The normalized spacial score (nSPS) is 21.7. The first-order valence-electron chi connectivity index (χ1n) is 12.9. The summed E-state index contributed by atoms with van der Waals surface area (Å²) in [4.78, 5) is 51.8. The summed E-state index contributed by atoms with van der Waals surface area (Å²) < 4.78 is 12.6. The Hall–Kier alpha value is -4.85. The van der Waals surface area contributed by atoms with E-state index in [4.69, 9.17) is 27.5 Å². The maximum atomic E-state index is 12.4. The zero-order chi connectivity index (χ0) is 31.8. The SMILES string of the molecule is C#C[C@@]1(O)[C@@H](COC(Cc2ccc(-c3ccc[nH]c3=O)cc2)(C(=O)O)C(=O)O)O[C@@H](n2cnc3c(NC)nc(Cl)nc32)[C@@H]1O. The van der Waals surface area contributed by atoms with Crippen LogP contribution < -0.4 is 10.9 Å². The van der Waals surface area contributed by atoms with Crippen LogP contribution in [0.2, 0.25) is 5.28 Å². The maximum absolute atomic E-state index is 12.4. The van der Waals surface area contributed by atoms with Crippen LogP contribution in [-0.2, 0) is 25.5 Å². The van der Waals surface area contributed by atoms with Crippen molar-refractivity contribution < 1.29 is 39.5 Å². The van der Waals surface area contributed by atoms with Crippen molar-refractivity contribution in [2.45, 2.75) is 36.1 Å². The summed E-state index contributed by atoms with van der Waals surface area (Å²) in [6, 6.07) is 9.24. The molecule has 5 rings (SSSR count). The maximum Gasteiger partial charge on any atom is 0.348 e. The number of rotatable bonds is 10. The monoisotopic (exact) mass is 624 g/mol. The first kappa shape index (κ1) is 30.6. The fourth-order valence-corrected chi connectivity index (χ4v) is 5.11. The average molecular weight is 625 g/mol. The van der Waals surface area contributed by atoms with Gasteiger partial charge >= 0.3 is 11.9 Å². The highest BCUT2D eigenvalue weighted by Crippen LogP contribution is 2.39. The number of ether oxygens (including phenoxy) is 2. The molecular formula is C28H25ClN6O9. The van der Waals surface area contributed by atoms with Gasteiger partial charge in [-0.1, -0.05) is 30.2 Å². The molecule has 0 spiro atoms. The van der Waals surface area contributed by atoms with E-state index in [1.165, 1.54) is 41.4 Å². The summed E-state index contributed by atoms with van der Waals surface area (Å²) in [5, 5.41) is 45.0. The van der Waals surface area contributed by atoms with Gasteiger partial charge in [-0.2, -0.15) is 9.97 Å². The van der Waals surface area contributed by atoms with Gasteiger partial charge in [0.2, 0.25) is 5.28 Å². The average Bonchev–Trinajstić information content (AvgIpc) is 3.53. The van der Waals surface area contributed by atoms with Gasteiger partial charge in [0.25, 0.3) is 11.2 Å². The first-order chi connectivity index (χ1) is 20.9. The van der Waals surface area contributed by atoms with E-state index in [1.807, 2.05) is 0 Å². The van der Waals surface area contributed by atoms with Crippen LogP contribution in [0.3, 0.4) is 0 Å². The second-order valence-corrected chi connectivity index (χ2v) is 10.2. The van der Waals surface area contributed by atoms with Gasteiger partial charge in [0.05, 0.1) is 12.9 Å². The molecule has 1 fully saturated rings. The lowest BCUT2D eigenvalue weighted by Gasteiger charge is -2.30. The number of aliphatic carboxylic acids is 2. The van der Waals surface area contributed by atoms with Gasteiger partial charge in [0.1, 0.15) is 12.2 Å². The zero-order valence-corrected chi connectivity index (χ0v) is 23.6. The van der Waals surface area contributed by atoms with E-state index in [-0.39, 0.29) is 33.4 Å². The minimum atomic E-state index is -2.85. The van der Waals surface area contributed by atoms with Gasteiger partial charge in [-0.3, -0.25) is 9.36 Å². The molecule has 1 saturated heterocycles. The molecule has 1 aliphatic rings. The van der Waals surface area contributed by atoms with Crippen molar-refractivity contribution in [2.75, 3.05) is 19.0 Å². The van der Waals surface area contributed by atoms with E-state index in [9.17, 15) is 34.8 Å². The third-order valence-corrected chi connectivity index (χ3v) is 7.53. The Bertz CT molecular complexity index is 1820. The van der Waals surface area contributed by atoms with Crippen LogP contribution in [0.1, 0.15) is 11.8 Å². The fourth-order valence-electron chi connectivity index (χ4n) is 4.94. The van der Waals surface area contributed by atoms with E-state index in [0.717, 1.165) is 0 Å². The van der Waals surface area contributed by atoms with Crippen LogP contribution in [0.4, 0.5) is 5.82 Å². The third kappa shape index (κ3) is 5.14. The van der Waals surface area contributed by atoms with Crippen molar-refractivity contribution in [2.24, 2.45) is 0 Å². The number of benzene rings is 1. The standard InChI is InChI=1S/C28H25ClN6O9/c1-3-27(42)17(44-23(19(27)36)35-13-32-18-20(30-2)33-26(29)34-21(18)35)12-43-28(24(38)39,25(40)41)11-14-6-8-15(9-7-14)16-5-4-10-31-22(16)37/h1,4-10,13,17,19,23,36,42H,11-12H2,2H3,(H,31,37)(H,38,39)(H,40,41)(H,30,33,34)/t17-,19+,23-,27-/m1/s1. The lowest BCUT2D eigenvalue weighted by Crippen LogP contribution is -2.55. The molecule has 0 aliphatic carbocycles. The van der Waals surface area contributed by atoms with Crippen LogP contribution in [0.15, 0.2) is 53.7 Å². The molecule has 0 amide bonds. The molecule has 1 aliphatic heterocycles. The van der Waals surface area contributed by atoms with E-state index < -0.39 is 54.6 Å². The smallest absolute Gasteiger partial charge is 0.348 e. The number of aliphatic hydroxyl groups is 2. The number of halogens is 1. The van der Waals surface area contributed by atoms with E-state index in [0.29, 0.717) is 11.1 Å². The molecular weight excluding hydrogens is 600 g/mol. The molecule has 44 heavy (non-hydrogen) atoms. The van der Waals surface area contributed by atoms with Crippen molar-refractivity contribution in [3.05, 3.63) is 70.1 Å². The fraction of sp³-hybridized carbons (Fsp3) is 0.286. The van der Waals surface area contributed by atoms with Crippen molar-refractivity contribution in [3.8, 4) is 23.5 Å². The van der Waals surface area contributed by atoms with Crippen LogP contribution >= 0.6 is 11.6 Å². The number of hydrogen-bond acceptors (Lipinski definition) is 11. The number of imidazole rings is 1. The highest BCUT2D eigenvalue weighted by Gasteiger charge is 2.58. The van der Waals surface area contributed by atoms with Gasteiger partial charge < -0.3 is 40.2 Å². The minimum absolute atomic E-state index is 0.116. The number of H-pyrrole nitrogens is 1. The highest BCUT2D eigenvalue weighted by atomic mass is 35.5. The van der Waals surface area contributed by atoms with E-state index in [2.05, 4.69) is 31.2 Å². The Morgan fingerprint density at radius 2 is 1.95 bits per heavy atom. The molecule has 0 radical (unpaired) electrons. The lowest BCUT2D eigenvalue weighted by atomic mass is 9.91. The summed E-state index contributed by atoms with van der Waals surface area (Å²) in [7, 11) is 1.58. The second-order valence-electron chi connectivity index (χ2n) is 9.88. The van der Waals surface area contributed by atoms with Crippen LogP contribution in [-0.4, -0.2) is 93.9 Å². The van der Waals surface area contributed by atoms with Crippen molar-refractivity contribution in [1.82, 2.24) is 24.5 Å². The number of carboxylic acid groups (broad SMARTS) is 2. The van der Waals surface area contributed by atoms with Crippen molar-refractivity contribution >= 4 is 40.5 Å². The number of hydrogen-bond donors (Lipinski definition) is 6. The minimum Gasteiger partial charge on any atom is -0.479 e. The molecule has 3 aromatic heterocycles. The number of aromatic nitrogens is 5. The summed E-state index contributed by atoms with van der Waals surface area (Å²) in [5.74, 6) is -1.34. The summed E-state index contributed by atoms with van der Waals surface area (Å²) in [6.45, 7) is -0.853. The lowest BCUT2D eigenvalue weighted by molar-refractivity contribution is -0.191. The number of nitrogens with zero attached hydrogens (tertiary/aromatic N) is 4. The molecule has 6 N–H and O–H groups in total. The number of carbonyl (C=O) groups is 2. The van der Waals surface area contributed by atoms with Crippen molar-refractivity contribution in [3.63, 3.8) is 0 Å². The Balaban J connectivity index is 1.42. The zero-order valence-electron chi connectivity index (χ0n) is 22.8. The summed E-state index contributed by atoms with van der Waals surface area (Å²) >= 11 is 6.02. The van der Waals surface area contributed by atoms with E-state index in [1.54, 1.807) is 19.2 Å². The summed E-state index contributed by atoms with van der Waals surface area (Å²) in [5.41, 5.74) is -4.12. The van der Waals surface area contributed by atoms with Gasteiger partial charge in [0, 0.05) is 25.2 Å². The Morgan fingerprint density at radius 1 is 1.25 bits per heavy atom. The summed E-state index contributed by atoms with van der Waals surface area (Å²) in [6.07, 6.45) is 2.81. The molecule has 15 nitrogen and oxygen atoms in total. The Kier molecular flexibility index (Phi) is 8.12. The molecule has 4 aromatic rings. The van der Waals surface area contributed by atoms with E-state index >= 15 is 0 Å². The topological polar surface area (TPSA) is 222 Å². The first-order valence-corrected chi connectivity index (χ1v) is 13.3. The molecule has 0 bridgehead atoms. The molecule has 4 atom stereocenters. The molecule has 4 heterocycles. The van der Waals surface area contributed by atoms with Crippen LogP contribution in [0.5, 0.6) is 0 Å². The molecule has 1 aromatic carbocycles.